The number of benzene rings is 3. The molecular formula is C27H19Cl2NO4. The Kier molecular flexibility index (Phi) is 5.90. The van der Waals surface area contributed by atoms with Gasteiger partial charge in [0.2, 0.25) is 5.76 Å². The third-order valence-electron chi connectivity index (χ3n) is 5.77. The van der Waals surface area contributed by atoms with Gasteiger partial charge in [0.05, 0.1) is 17.0 Å². The minimum Gasteiger partial charge on any atom is -0.490 e. The van der Waals surface area contributed by atoms with Crippen LogP contribution in [0.4, 0.5) is 0 Å². The maximum atomic E-state index is 13.7. The summed E-state index contributed by atoms with van der Waals surface area (Å²) in [6.45, 7) is 4.20. The van der Waals surface area contributed by atoms with Crippen molar-refractivity contribution in [3.05, 3.63) is 122 Å². The Labute approximate surface area is 205 Å². The Morgan fingerprint density at radius 2 is 1.85 bits per heavy atom. The molecule has 0 fully saturated rings. The zero-order chi connectivity index (χ0) is 23.8. The zero-order valence-electron chi connectivity index (χ0n) is 18.0. The molecule has 1 aliphatic rings. The average Bonchev–Trinajstić information content (AvgIpc) is 3.11. The number of fused-ring (bicyclic) bond motifs is 2. The van der Waals surface area contributed by atoms with Crippen molar-refractivity contribution in [2.24, 2.45) is 0 Å². The molecule has 0 N–H and O–H groups in total. The SMILES string of the molecule is C=CCOc1cccc(C2c3c(oc4ccc(Cl)cc4c3=O)C(=O)N2Cc2ccccc2Cl)c1. The Hall–Kier alpha value is -3.54. The summed E-state index contributed by atoms with van der Waals surface area (Å²) in [7, 11) is 0. The van der Waals surface area contributed by atoms with E-state index in [2.05, 4.69) is 6.58 Å². The number of amides is 1. The van der Waals surface area contributed by atoms with E-state index in [-0.39, 0.29) is 29.2 Å². The molecule has 0 spiro atoms. The number of nitrogens with zero attached hydrogens (tertiary/aromatic N) is 1. The van der Waals surface area contributed by atoms with E-state index >= 15 is 0 Å². The predicted molar refractivity (Wildman–Crippen MR) is 133 cm³/mol. The molecule has 4 aromatic rings. The molecule has 3 aromatic carbocycles. The Bertz CT molecular complexity index is 1490. The molecule has 1 atom stereocenters. The van der Waals surface area contributed by atoms with Crippen molar-refractivity contribution in [1.29, 1.82) is 0 Å². The van der Waals surface area contributed by atoms with Crippen LogP contribution in [0.25, 0.3) is 11.0 Å². The summed E-state index contributed by atoms with van der Waals surface area (Å²) in [5.74, 6) is 0.241. The quantitative estimate of drug-likeness (QED) is 0.292. The summed E-state index contributed by atoms with van der Waals surface area (Å²) >= 11 is 12.6. The highest BCUT2D eigenvalue weighted by atomic mass is 35.5. The second kappa shape index (κ2) is 9.01. The van der Waals surface area contributed by atoms with Gasteiger partial charge >= 0.3 is 0 Å². The summed E-state index contributed by atoms with van der Waals surface area (Å²) < 4.78 is 11.7. The highest BCUT2D eigenvalue weighted by Gasteiger charge is 2.43. The molecule has 34 heavy (non-hydrogen) atoms. The van der Waals surface area contributed by atoms with Crippen LogP contribution in [0.3, 0.4) is 0 Å². The van der Waals surface area contributed by atoms with Crippen molar-refractivity contribution in [3.63, 3.8) is 0 Å². The normalized spacial score (nSPS) is 14.9. The third kappa shape index (κ3) is 3.87. The van der Waals surface area contributed by atoms with Gasteiger partial charge < -0.3 is 14.1 Å². The zero-order valence-corrected chi connectivity index (χ0v) is 19.5. The van der Waals surface area contributed by atoms with Crippen molar-refractivity contribution in [1.82, 2.24) is 4.90 Å². The average molecular weight is 492 g/mol. The molecule has 7 heteroatoms. The number of carbonyl (C=O) groups is 1. The molecule has 1 amide bonds. The van der Waals surface area contributed by atoms with E-state index in [0.29, 0.717) is 33.4 Å². The van der Waals surface area contributed by atoms with Crippen LogP contribution in [0, 0.1) is 0 Å². The van der Waals surface area contributed by atoms with Gasteiger partial charge in [-0.3, -0.25) is 9.59 Å². The van der Waals surface area contributed by atoms with Crippen LogP contribution in [0.5, 0.6) is 5.75 Å². The lowest BCUT2D eigenvalue weighted by Gasteiger charge is -2.26. The molecular weight excluding hydrogens is 473 g/mol. The van der Waals surface area contributed by atoms with Gasteiger partial charge in [-0.1, -0.05) is 66.2 Å². The van der Waals surface area contributed by atoms with Crippen molar-refractivity contribution in [2.75, 3.05) is 6.61 Å². The second-order valence-corrected chi connectivity index (χ2v) is 8.76. The van der Waals surface area contributed by atoms with Gasteiger partial charge in [-0.2, -0.15) is 0 Å². The highest BCUT2D eigenvalue weighted by Crippen LogP contribution is 2.40. The van der Waals surface area contributed by atoms with Crippen LogP contribution < -0.4 is 10.2 Å². The van der Waals surface area contributed by atoms with Crippen molar-refractivity contribution in [3.8, 4) is 5.75 Å². The van der Waals surface area contributed by atoms with Crippen LogP contribution in [0.15, 0.2) is 88.6 Å². The summed E-state index contributed by atoms with van der Waals surface area (Å²) in [5, 5.41) is 1.26. The summed E-state index contributed by atoms with van der Waals surface area (Å²) in [5.41, 5.74) is 1.76. The van der Waals surface area contributed by atoms with Gasteiger partial charge in [0, 0.05) is 16.6 Å². The molecule has 0 saturated heterocycles. The number of halogens is 2. The monoisotopic (exact) mass is 491 g/mol. The van der Waals surface area contributed by atoms with Crippen molar-refractivity contribution in [2.45, 2.75) is 12.6 Å². The van der Waals surface area contributed by atoms with E-state index in [1.165, 1.54) is 0 Å². The first-order valence-electron chi connectivity index (χ1n) is 10.6. The molecule has 5 rings (SSSR count). The number of hydrogen-bond acceptors (Lipinski definition) is 4. The highest BCUT2D eigenvalue weighted by molar-refractivity contribution is 6.31. The molecule has 1 aromatic heterocycles. The smallest absolute Gasteiger partial charge is 0.291 e. The van der Waals surface area contributed by atoms with Crippen LogP contribution >= 0.6 is 23.2 Å². The van der Waals surface area contributed by atoms with E-state index in [4.69, 9.17) is 32.4 Å². The van der Waals surface area contributed by atoms with Crippen molar-refractivity contribution < 1.29 is 13.9 Å². The first-order chi connectivity index (χ1) is 16.5. The lowest BCUT2D eigenvalue weighted by atomic mass is 9.98. The number of carbonyl (C=O) groups excluding carboxylic acids is 1. The fourth-order valence-corrected chi connectivity index (χ4v) is 4.61. The summed E-state index contributed by atoms with van der Waals surface area (Å²) in [6.07, 6.45) is 1.65. The Morgan fingerprint density at radius 1 is 1.03 bits per heavy atom. The van der Waals surface area contributed by atoms with E-state index < -0.39 is 6.04 Å². The number of hydrogen-bond donors (Lipinski definition) is 0. The van der Waals surface area contributed by atoms with Crippen LogP contribution in [0.1, 0.15) is 33.3 Å². The number of ether oxygens (including phenoxy) is 1. The standard InChI is InChI=1S/C27H19Cl2NO4/c1-2-12-33-19-8-5-7-16(13-19)24-23-25(31)20-14-18(28)10-11-22(20)34-26(23)27(32)30(24)15-17-6-3-4-9-21(17)29/h2-11,13-14,24H,1,12,15H2. The first kappa shape index (κ1) is 22.3. The van der Waals surface area contributed by atoms with Gasteiger partial charge in [0.1, 0.15) is 17.9 Å². The van der Waals surface area contributed by atoms with Crippen LogP contribution in [-0.4, -0.2) is 17.4 Å². The third-order valence-corrected chi connectivity index (χ3v) is 6.37. The van der Waals surface area contributed by atoms with Gasteiger partial charge in [0.25, 0.3) is 5.91 Å². The maximum absolute atomic E-state index is 13.7. The Morgan fingerprint density at radius 3 is 2.65 bits per heavy atom. The molecule has 2 heterocycles. The molecule has 0 bridgehead atoms. The largest absolute Gasteiger partial charge is 0.490 e. The molecule has 5 nitrogen and oxygen atoms in total. The van der Waals surface area contributed by atoms with Gasteiger partial charge in [-0.25, -0.2) is 0 Å². The topological polar surface area (TPSA) is 59.8 Å². The fraction of sp³-hybridized carbons (Fsp3) is 0.111. The lowest BCUT2D eigenvalue weighted by molar-refractivity contribution is 0.0714. The van der Waals surface area contributed by atoms with Gasteiger partial charge in [-0.05, 0) is 47.5 Å². The second-order valence-electron chi connectivity index (χ2n) is 7.91. The maximum Gasteiger partial charge on any atom is 0.291 e. The van der Waals surface area contributed by atoms with E-state index in [9.17, 15) is 9.59 Å². The van der Waals surface area contributed by atoms with Crippen LogP contribution in [0.2, 0.25) is 10.0 Å². The van der Waals surface area contributed by atoms with Crippen LogP contribution in [-0.2, 0) is 6.54 Å². The fourth-order valence-electron chi connectivity index (χ4n) is 4.24. The van der Waals surface area contributed by atoms with Gasteiger partial charge in [-0.15, -0.1) is 0 Å². The number of rotatable bonds is 6. The summed E-state index contributed by atoms with van der Waals surface area (Å²) in [4.78, 5) is 28.9. The van der Waals surface area contributed by atoms with Crippen molar-refractivity contribution >= 4 is 40.1 Å². The predicted octanol–water partition coefficient (Wildman–Crippen LogP) is 6.41. The minimum atomic E-state index is -0.689. The summed E-state index contributed by atoms with van der Waals surface area (Å²) in [6, 6.07) is 18.7. The molecule has 0 aliphatic carbocycles. The van der Waals surface area contributed by atoms with E-state index in [0.717, 1.165) is 11.1 Å². The molecule has 1 unspecified atom stereocenters. The van der Waals surface area contributed by atoms with E-state index in [1.54, 1.807) is 35.2 Å². The minimum absolute atomic E-state index is 0.0225. The molecule has 0 saturated carbocycles. The molecule has 1 aliphatic heterocycles. The first-order valence-corrected chi connectivity index (χ1v) is 11.4. The Balaban J connectivity index is 1.71. The van der Waals surface area contributed by atoms with Gasteiger partial charge in [0.15, 0.2) is 5.43 Å². The lowest BCUT2D eigenvalue weighted by Crippen LogP contribution is -2.29. The van der Waals surface area contributed by atoms with E-state index in [1.807, 2.05) is 42.5 Å². The molecule has 0 radical (unpaired) electrons. The molecule has 170 valence electrons.